The van der Waals surface area contributed by atoms with E-state index in [9.17, 15) is 18.0 Å². The summed E-state index contributed by atoms with van der Waals surface area (Å²) in [6.45, 7) is 3.68. The van der Waals surface area contributed by atoms with Crippen molar-refractivity contribution in [2.24, 2.45) is 0 Å². The van der Waals surface area contributed by atoms with Gasteiger partial charge in [-0.1, -0.05) is 103 Å². The van der Waals surface area contributed by atoms with E-state index in [0.29, 0.717) is 6.61 Å². The molecule has 7 nitrogen and oxygen atoms in total. The molecule has 0 radical (unpaired) electrons. The van der Waals surface area contributed by atoms with Crippen LogP contribution in [0.15, 0.2) is 24.3 Å². The molecule has 0 aliphatic heterocycles. The topological polar surface area (TPSA) is 107 Å². The van der Waals surface area contributed by atoms with Crippen molar-refractivity contribution >= 4 is 22.1 Å². The molecule has 1 aromatic carbocycles. The van der Waals surface area contributed by atoms with Gasteiger partial charge in [-0.25, -0.2) is 9.59 Å². The smallest absolute Gasteiger partial charge is 0.339 e. The van der Waals surface area contributed by atoms with Gasteiger partial charge in [-0.05, 0) is 25.5 Å². The second kappa shape index (κ2) is 19.2. The van der Waals surface area contributed by atoms with Gasteiger partial charge < -0.3 is 9.47 Å². The SMILES string of the molecule is CCCCCCCCCCCCCCCCOC(=O)c1ccccc1C(=O)OCCC(C)S(=O)(=O)O. The van der Waals surface area contributed by atoms with Crippen LogP contribution in [0.25, 0.3) is 0 Å². The highest BCUT2D eigenvalue weighted by Gasteiger charge is 2.21. The molecule has 1 aromatic rings. The van der Waals surface area contributed by atoms with Gasteiger partial charge in [-0.2, -0.15) is 8.42 Å². The Kier molecular flexibility index (Phi) is 17.1. The van der Waals surface area contributed by atoms with Gasteiger partial charge in [0.2, 0.25) is 0 Å². The summed E-state index contributed by atoms with van der Waals surface area (Å²) in [6.07, 6.45) is 17.5. The van der Waals surface area contributed by atoms with Crippen LogP contribution in [0.4, 0.5) is 0 Å². The van der Waals surface area contributed by atoms with Crippen LogP contribution in [0.3, 0.4) is 0 Å². The fourth-order valence-corrected chi connectivity index (χ4v) is 4.32. The predicted octanol–water partition coefficient (Wildman–Crippen LogP) is 7.15. The van der Waals surface area contributed by atoms with Gasteiger partial charge in [-0.3, -0.25) is 4.55 Å². The number of ether oxygens (including phenoxy) is 2. The number of benzene rings is 1. The van der Waals surface area contributed by atoms with Crippen molar-refractivity contribution in [3.05, 3.63) is 35.4 Å². The Balaban J connectivity index is 2.18. The van der Waals surface area contributed by atoms with Crippen molar-refractivity contribution in [3.8, 4) is 0 Å². The lowest BCUT2D eigenvalue weighted by Gasteiger charge is -2.11. The molecule has 0 aliphatic rings. The Bertz CT molecular complexity index is 851. The zero-order valence-corrected chi connectivity index (χ0v) is 23.0. The Morgan fingerprint density at radius 1 is 0.722 bits per heavy atom. The second-order valence-electron chi connectivity index (χ2n) is 9.53. The molecular formula is C28H46O7S. The zero-order valence-electron chi connectivity index (χ0n) is 22.2. The van der Waals surface area contributed by atoms with Gasteiger partial charge >= 0.3 is 11.9 Å². The Hall–Kier alpha value is -1.93. The molecular weight excluding hydrogens is 480 g/mol. The van der Waals surface area contributed by atoms with E-state index in [0.717, 1.165) is 19.3 Å². The molecule has 0 amide bonds. The molecule has 0 bridgehead atoms. The number of carbonyl (C=O) groups excluding carboxylic acids is 2. The first-order valence-corrected chi connectivity index (χ1v) is 15.2. The maximum absolute atomic E-state index is 12.5. The molecule has 1 unspecified atom stereocenters. The van der Waals surface area contributed by atoms with Crippen LogP contribution in [-0.2, 0) is 19.6 Å². The number of carbonyl (C=O) groups is 2. The summed E-state index contributed by atoms with van der Waals surface area (Å²) in [5, 5.41) is -1.05. The van der Waals surface area contributed by atoms with E-state index < -0.39 is 27.3 Å². The number of hydrogen-bond donors (Lipinski definition) is 1. The number of hydrogen-bond acceptors (Lipinski definition) is 6. The van der Waals surface area contributed by atoms with Crippen LogP contribution in [0.1, 0.15) is 131 Å². The lowest BCUT2D eigenvalue weighted by Crippen LogP contribution is -2.20. The standard InChI is InChI=1S/C28H46O7S/c1-3-4-5-6-7-8-9-10-11-12-13-14-15-18-22-34-27(29)25-19-16-17-20-26(25)28(30)35-23-21-24(2)36(31,32)33/h16-17,19-20,24H,3-15,18,21-23H2,1-2H3,(H,31,32,33). The van der Waals surface area contributed by atoms with Gasteiger partial charge in [-0.15, -0.1) is 0 Å². The average molecular weight is 527 g/mol. The minimum absolute atomic E-state index is 0.0453. The van der Waals surface area contributed by atoms with E-state index in [-0.39, 0.29) is 24.2 Å². The van der Waals surface area contributed by atoms with Crippen LogP contribution in [0, 0.1) is 0 Å². The first-order chi connectivity index (χ1) is 17.3. The maximum Gasteiger partial charge on any atom is 0.339 e. The zero-order chi connectivity index (χ0) is 26.7. The Morgan fingerprint density at radius 2 is 1.11 bits per heavy atom. The maximum atomic E-state index is 12.5. The van der Waals surface area contributed by atoms with Gasteiger partial charge in [0.15, 0.2) is 0 Å². The van der Waals surface area contributed by atoms with Crippen molar-refractivity contribution in [3.63, 3.8) is 0 Å². The Morgan fingerprint density at radius 3 is 1.53 bits per heavy atom. The number of unbranched alkanes of at least 4 members (excludes halogenated alkanes) is 13. The first-order valence-electron chi connectivity index (χ1n) is 13.7. The molecule has 36 heavy (non-hydrogen) atoms. The summed E-state index contributed by atoms with van der Waals surface area (Å²) in [5.41, 5.74) is 0.193. The number of rotatable bonds is 21. The molecule has 0 aliphatic carbocycles. The summed E-state index contributed by atoms with van der Waals surface area (Å²) in [6, 6.07) is 6.23. The first kappa shape index (κ1) is 32.1. The van der Waals surface area contributed by atoms with Crippen molar-refractivity contribution in [2.45, 2.75) is 115 Å². The van der Waals surface area contributed by atoms with E-state index in [1.165, 1.54) is 89.7 Å². The monoisotopic (exact) mass is 526 g/mol. The van der Waals surface area contributed by atoms with Gasteiger partial charge in [0.25, 0.3) is 10.1 Å². The van der Waals surface area contributed by atoms with E-state index in [2.05, 4.69) is 6.92 Å². The highest BCUT2D eigenvalue weighted by Crippen LogP contribution is 2.15. The second-order valence-corrected chi connectivity index (χ2v) is 11.4. The lowest BCUT2D eigenvalue weighted by atomic mass is 10.0. The molecule has 0 aromatic heterocycles. The molecule has 0 saturated carbocycles. The molecule has 0 saturated heterocycles. The average Bonchev–Trinajstić information content (AvgIpc) is 2.85. The molecule has 1 N–H and O–H groups in total. The number of esters is 2. The lowest BCUT2D eigenvalue weighted by molar-refractivity contribution is 0.0451. The van der Waals surface area contributed by atoms with Crippen molar-refractivity contribution in [1.29, 1.82) is 0 Å². The third kappa shape index (κ3) is 14.6. The van der Waals surface area contributed by atoms with Crippen LogP contribution >= 0.6 is 0 Å². The van der Waals surface area contributed by atoms with E-state index in [4.69, 9.17) is 14.0 Å². The van der Waals surface area contributed by atoms with E-state index in [1.807, 2.05) is 0 Å². The van der Waals surface area contributed by atoms with Crippen LogP contribution in [-0.4, -0.2) is 43.4 Å². The largest absolute Gasteiger partial charge is 0.462 e. The van der Waals surface area contributed by atoms with Crippen molar-refractivity contribution < 1.29 is 32.0 Å². The fourth-order valence-electron chi connectivity index (χ4n) is 3.92. The quantitative estimate of drug-likeness (QED) is 0.103. The summed E-state index contributed by atoms with van der Waals surface area (Å²) in [7, 11) is -4.18. The van der Waals surface area contributed by atoms with Crippen LogP contribution in [0.2, 0.25) is 0 Å². The van der Waals surface area contributed by atoms with Gasteiger partial charge in [0.05, 0.1) is 29.6 Å². The summed E-state index contributed by atoms with van der Waals surface area (Å²) in [5.74, 6) is -1.31. The molecule has 0 spiro atoms. The fraction of sp³-hybridized carbons (Fsp3) is 0.714. The van der Waals surface area contributed by atoms with E-state index >= 15 is 0 Å². The van der Waals surface area contributed by atoms with E-state index in [1.54, 1.807) is 12.1 Å². The summed E-state index contributed by atoms with van der Waals surface area (Å²) >= 11 is 0. The normalized spacial score (nSPS) is 12.3. The highest BCUT2D eigenvalue weighted by atomic mass is 32.2. The summed E-state index contributed by atoms with van der Waals surface area (Å²) in [4.78, 5) is 24.8. The minimum Gasteiger partial charge on any atom is -0.462 e. The third-order valence-corrected chi connectivity index (χ3v) is 7.62. The summed E-state index contributed by atoms with van der Waals surface area (Å²) < 4.78 is 41.5. The van der Waals surface area contributed by atoms with Crippen LogP contribution < -0.4 is 0 Å². The van der Waals surface area contributed by atoms with Gasteiger partial charge in [0.1, 0.15) is 0 Å². The molecule has 1 atom stereocenters. The predicted molar refractivity (Wildman–Crippen MR) is 143 cm³/mol. The third-order valence-electron chi connectivity index (χ3n) is 6.36. The minimum atomic E-state index is -4.18. The van der Waals surface area contributed by atoms with Gasteiger partial charge in [0, 0.05) is 6.42 Å². The van der Waals surface area contributed by atoms with Crippen molar-refractivity contribution in [1.82, 2.24) is 0 Å². The molecule has 8 heteroatoms. The highest BCUT2D eigenvalue weighted by molar-refractivity contribution is 7.86. The molecule has 1 rings (SSSR count). The Labute approximate surface area is 218 Å². The molecule has 0 heterocycles. The molecule has 206 valence electrons. The van der Waals surface area contributed by atoms with Crippen LogP contribution in [0.5, 0.6) is 0 Å². The molecule has 0 fully saturated rings. The van der Waals surface area contributed by atoms with Crippen molar-refractivity contribution in [2.75, 3.05) is 13.2 Å².